The molecule has 1 aromatic carbocycles. The SMILES string of the molecule is COCCNCc1cccc(Cl)c1N1CCCC(O)C1. The first kappa shape index (κ1) is 15.6. The molecule has 112 valence electrons. The highest BCUT2D eigenvalue weighted by Crippen LogP contribution is 2.32. The largest absolute Gasteiger partial charge is 0.391 e. The van der Waals surface area contributed by atoms with Gasteiger partial charge in [-0.25, -0.2) is 0 Å². The van der Waals surface area contributed by atoms with Gasteiger partial charge in [-0.05, 0) is 24.5 Å². The number of methoxy groups -OCH3 is 1. The van der Waals surface area contributed by atoms with Gasteiger partial charge in [0.05, 0.1) is 23.4 Å². The fourth-order valence-corrected chi connectivity index (χ4v) is 2.93. The van der Waals surface area contributed by atoms with Gasteiger partial charge in [-0.15, -0.1) is 0 Å². The van der Waals surface area contributed by atoms with Crippen LogP contribution in [0, 0.1) is 0 Å². The van der Waals surface area contributed by atoms with Crippen molar-refractivity contribution in [3.8, 4) is 0 Å². The third-order valence-electron chi connectivity index (χ3n) is 3.58. The monoisotopic (exact) mass is 298 g/mol. The van der Waals surface area contributed by atoms with E-state index in [9.17, 15) is 5.11 Å². The molecule has 1 unspecified atom stereocenters. The Morgan fingerprint density at radius 1 is 1.50 bits per heavy atom. The summed E-state index contributed by atoms with van der Waals surface area (Å²) in [5.74, 6) is 0. The van der Waals surface area contributed by atoms with Crippen LogP contribution in [0.1, 0.15) is 18.4 Å². The van der Waals surface area contributed by atoms with Crippen LogP contribution in [-0.4, -0.2) is 44.6 Å². The molecule has 20 heavy (non-hydrogen) atoms. The van der Waals surface area contributed by atoms with Crippen molar-refractivity contribution in [1.29, 1.82) is 0 Å². The van der Waals surface area contributed by atoms with E-state index in [0.717, 1.165) is 43.2 Å². The van der Waals surface area contributed by atoms with E-state index in [1.165, 1.54) is 5.56 Å². The number of hydrogen-bond donors (Lipinski definition) is 2. The maximum atomic E-state index is 9.85. The lowest BCUT2D eigenvalue weighted by Gasteiger charge is -2.34. The standard InChI is InChI=1S/C15H23ClN2O2/c1-20-9-7-17-10-12-4-2-6-14(16)15(12)18-8-3-5-13(19)11-18/h2,4,6,13,17,19H,3,5,7-11H2,1H3. The van der Waals surface area contributed by atoms with Gasteiger partial charge >= 0.3 is 0 Å². The van der Waals surface area contributed by atoms with Gasteiger partial charge in [0.1, 0.15) is 0 Å². The van der Waals surface area contributed by atoms with Crippen LogP contribution in [0.4, 0.5) is 5.69 Å². The summed E-state index contributed by atoms with van der Waals surface area (Å²) >= 11 is 6.37. The highest BCUT2D eigenvalue weighted by Gasteiger charge is 2.21. The van der Waals surface area contributed by atoms with E-state index < -0.39 is 0 Å². The minimum absolute atomic E-state index is 0.255. The Morgan fingerprint density at radius 3 is 3.10 bits per heavy atom. The predicted octanol–water partition coefficient (Wildman–Crippen LogP) is 2.04. The number of halogens is 1. The second kappa shape index (κ2) is 7.84. The molecule has 0 amide bonds. The summed E-state index contributed by atoms with van der Waals surface area (Å²) in [6.45, 7) is 3.87. The van der Waals surface area contributed by atoms with Crippen molar-refractivity contribution in [2.45, 2.75) is 25.5 Å². The van der Waals surface area contributed by atoms with Gasteiger partial charge in [0.15, 0.2) is 0 Å². The molecule has 1 atom stereocenters. The van der Waals surface area contributed by atoms with Crippen molar-refractivity contribution in [3.05, 3.63) is 28.8 Å². The number of benzene rings is 1. The van der Waals surface area contributed by atoms with Crippen LogP contribution in [0.15, 0.2) is 18.2 Å². The zero-order valence-electron chi connectivity index (χ0n) is 11.9. The average molecular weight is 299 g/mol. The van der Waals surface area contributed by atoms with Gasteiger partial charge in [-0.2, -0.15) is 0 Å². The number of aliphatic hydroxyl groups is 1. The smallest absolute Gasteiger partial charge is 0.0715 e. The Labute approximate surface area is 125 Å². The molecule has 1 aliphatic heterocycles. The van der Waals surface area contributed by atoms with E-state index in [1.54, 1.807) is 7.11 Å². The zero-order chi connectivity index (χ0) is 14.4. The number of anilines is 1. The molecule has 0 aliphatic carbocycles. The van der Waals surface area contributed by atoms with E-state index in [0.29, 0.717) is 13.2 Å². The number of rotatable bonds is 6. The van der Waals surface area contributed by atoms with E-state index in [1.807, 2.05) is 12.1 Å². The van der Waals surface area contributed by atoms with Crippen molar-refractivity contribution in [3.63, 3.8) is 0 Å². The average Bonchev–Trinajstić information content (AvgIpc) is 2.44. The Hall–Kier alpha value is -0.810. The summed E-state index contributed by atoms with van der Waals surface area (Å²) in [5.41, 5.74) is 2.22. The van der Waals surface area contributed by atoms with Gasteiger partial charge in [-0.3, -0.25) is 0 Å². The lowest BCUT2D eigenvalue weighted by molar-refractivity contribution is 0.154. The molecule has 2 rings (SSSR count). The van der Waals surface area contributed by atoms with Gasteiger partial charge in [0, 0.05) is 33.3 Å². The molecular formula is C15H23ClN2O2. The van der Waals surface area contributed by atoms with Crippen molar-refractivity contribution >= 4 is 17.3 Å². The molecule has 0 spiro atoms. The number of nitrogens with one attached hydrogen (secondary N) is 1. The third-order valence-corrected chi connectivity index (χ3v) is 3.89. The van der Waals surface area contributed by atoms with E-state index in [4.69, 9.17) is 16.3 Å². The Morgan fingerprint density at radius 2 is 2.35 bits per heavy atom. The molecular weight excluding hydrogens is 276 g/mol. The Bertz CT molecular complexity index is 428. The first-order valence-electron chi connectivity index (χ1n) is 7.12. The maximum Gasteiger partial charge on any atom is 0.0715 e. The maximum absolute atomic E-state index is 9.85. The Kier molecular flexibility index (Phi) is 6.10. The molecule has 2 N–H and O–H groups in total. The van der Waals surface area contributed by atoms with Crippen LogP contribution in [0.3, 0.4) is 0 Å². The van der Waals surface area contributed by atoms with Gasteiger partial charge in [0.25, 0.3) is 0 Å². The summed E-state index contributed by atoms with van der Waals surface area (Å²) in [5, 5.41) is 14.0. The molecule has 0 aromatic heterocycles. The van der Waals surface area contributed by atoms with Crippen LogP contribution < -0.4 is 10.2 Å². The van der Waals surface area contributed by atoms with E-state index >= 15 is 0 Å². The highest BCUT2D eigenvalue weighted by molar-refractivity contribution is 6.33. The number of hydrogen-bond acceptors (Lipinski definition) is 4. The number of para-hydroxylation sites is 1. The molecule has 1 fully saturated rings. The number of β-amino-alcohol motifs (C(OH)–C–C–N with tert-alkyl or cyclic N) is 1. The lowest BCUT2D eigenvalue weighted by atomic mass is 10.1. The van der Waals surface area contributed by atoms with Crippen molar-refractivity contribution in [2.75, 3.05) is 38.3 Å². The number of piperidine rings is 1. The molecule has 4 nitrogen and oxygen atoms in total. The molecule has 1 saturated heterocycles. The van der Waals surface area contributed by atoms with Gasteiger partial charge < -0.3 is 20.1 Å². The van der Waals surface area contributed by atoms with Gasteiger partial charge in [0.2, 0.25) is 0 Å². The highest BCUT2D eigenvalue weighted by atomic mass is 35.5. The van der Waals surface area contributed by atoms with Crippen molar-refractivity contribution in [1.82, 2.24) is 5.32 Å². The summed E-state index contributed by atoms with van der Waals surface area (Å²) in [6, 6.07) is 5.97. The van der Waals surface area contributed by atoms with E-state index in [2.05, 4.69) is 16.3 Å². The molecule has 0 bridgehead atoms. The van der Waals surface area contributed by atoms with Crippen LogP contribution in [0.2, 0.25) is 5.02 Å². The lowest BCUT2D eigenvalue weighted by Crippen LogP contribution is -2.39. The molecule has 0 saturated carbocycles. The van der Waals surface area contributed by atoms with Crippen molar-refractivity contribution in [2.24, 2.45) is 0 Å². The van der Waals surface area contributed by atoms with Crippen LogP contribution >= 0.6 is 11.6 Å². The van der Waals surface area contributed by atoms with Gasteiger partial charge in [-0.1, -0.05) is 23.7 Å². The molecule has 1 heterocycles. The van der Waals surface area contributed by atoms with Crippen LogP contribution in [-0.2, 0) is 11.3 Å². The summed E-state index contributed by atoms with van der Waals surface area (Å²) in [6.07, 6.45) is 1.63. The van der Waals surface area contributed by atoms with Crippen LogP contribution in [0.5, 0.6) is 0 Å². The fraction of sp³-hybridized carbons (Fsp3) is 0.600. The second-order valence-electron chi connectivity index (χ2n) is 5.16. The molecule has 1 aromatic rings. The van der Waals surface area contributed by atoms with Crippen molar-refractivity contribution < 1.29 is 9.84 Å². The number of nitrogens with zero attached hydrogens (tertiary/aromatic N) is 1. The van der Waals surface area contributed by atoms with Crippen LogP contribution in [0.25, 0.3) is 0 Å². The summed E-state index contributed by atoms with van der Waals surface area (Å²) < 4.78 is 5.03. The first-order valence-corrected chi connectivity index (χ1v) is 7.50. The summed E-state index contributed by atoms with van der Waals surface area (Å²) in [4.78, 5) is 2.20. The normalized spacial score (nSPS) is 19.4. The van der Waals surface area contributed by atoms with E-state index in [-0.39, 0.29) is 6.10 Å². The zero-order valence-corrected chi connectivity index (χ0v) is 12.7. The fourth-order valence-electron chi connectivity index (χ4n) is 2.61. The quantitative estimate of drug-likeness (QED) is 0.789. The molecule has 1 aliphatic rings. The number of ether oxygens (including phenoxy) is 1. The third kappa shape index (κ3) is 4.09. The first-order chi connectivity index (χ1) is 9.72. The Balaban J connectivity index is 2.09. The minimum Gasteiger partial charge on any atom is -0.391 e. The topological polar surface area (TPSA) is 44.7 Å². The second-order valence-corrected chi connectivity index (χ2v) is 5.57. The predicted molar refractivity (Wildman–Crippen MR) is 82.5 cm³/mol. The number of aliphatic hydroxyl groups excluding tert-OH is 1. The minimum atomic E-state index is -0.255. The molecule has 5 heteroatoms. The summed E-state index contributed by atoms with van der Waals surface area (Å²) in [7, 11) is 1.70. The molecule has 0 radical (unpaired) electrons.